The lowest BCUT2D eigenvalue weighted by Gasteiger charge is -2.09. The maximum absolute atomic E-state index is 5.68. The largest absolute Gasteiger partial charge is 0.493 e. The number of hydrogen-bond donors (Lipinski definition) is 1. The Morgan fingerprint density at radius 1 is 1.00 bits per heavy atom. The predicted molar refractivity (Wildman–Crippen MR) is 87.2 cm³/mol. The molecule has 0 saturated carbocycles. The van der Waals surface area contributed by atoms with E-state index in [9.17, 15) is 0 Å². The van der Waals surface area contributed by atoms with E-state index in [1.807, 2.05) is 0 Å². The third-order valence-electron chi connectivity index (χ3n) is 3.29. The smallest absolute Gasteiger partial charge is 0.119 e. The summed E-state index contributed by atoms with van der Waals surface area (Å²) in [6.07, 6.45) is 6.70. The molecule has 0 aliphatic rings. The van der Waals surface area contributed by atoms with Gasteiger partial charge < -0.3 is 10.1 Å². The summed E-state index contributed by atoms with van der Waals surface area (Å²) in [5.41, 5.74) is 1.33. The first-order chi connectivity index (χ1) is 9.72. The van der Waals surface area contributed by atoms with E-state index in [4.69, 9.17) is 4.74 Å². The minimum atomic E-state index is 0.573. The molecule has 0 spiro atoms. The molecule has 20 heavy (non-hydrogen) atoms. The van der Waals surface area contributed by atoms with Crippen LogP contribution in [-0.2, 0) is 6.54 Å². The van der Waals surface area contributed by atoms with Crippen molar-refractivity contribution in [1.82, 2.24) is 5.32 Å². The molecule has 1 rings (SSSR count). The maximum Gasteiger partial charge on any atom is 0.119 e. The molecule has 114 valence electrons. The summed E-state index contributed by atoms with van der Waals surface area (Å²) in [7, 11) is 0. The van der Waals surface area contributed by atoms with Crippen LogP contribution < -0.4 is 10.1 Å². The molecule has 0 atom stereocenters. The van der Waals surface area contributed by atoms with Crippen LogP contribution in [0.15, 0.2) is 24.3 Å². The molecule has 0 amide bonds. The molecular weight excluding hydrogens is 246 g/mol. The van der Waals surface area contributed by atoms with Crippen LogP contribution in [0.1, 0.15) is 58.4 Å². The minimum absolute atomic E-state index is 0.573. The second kappa shape index (κ2) is 10.7. The van der Waals surface area contributed by atoms with Gasteiger partial charge in [-0.05, 0) is 36.6 Å². The summed E-state index contributed by atoms with van der Waals surface area (Å²) in [6, 6.07) is 8.45. The van der Waals surface area contributed by atoms with Gasteiger partial charge in [-0.2, -0.15) is 0 Å². The fourth-order valence-corrected chi connectivity index (χ4v) is 2.05. The van der Waals surface area contributed by atoms with Crippen molar-refractivity contribution in [2.75, 3.05) is 13.2 Å². The Labute approximate surface area is 124 Å². The lowest BCUT2D eigenvalue weighted by Crippen LogP contribution is -2.14. The first-order valence-electron chi connectivity index (χ1n) is 8.14. The Hall–Kier alpha value is -1.02. The highest BCUT2D eigenvalue weighted by molar-refractivity contribution is 5.27. The normalized spacial score (nSPS) is 11.0. The third kappa shape index (κ3) is 8.21. The molecular formula is C18H31NO. The summed E-state index contributed by atoms with van der Waals surface area (Å²) in [5, 5.41) is 3.51. The Morgan fingerprint density at radius 3 is 2.35 bits per heavy atom. The topological polar surface area (TPSA) is 21.3 Å². The van der Waals surface area contributed by atoms with Gasteiger partial charge in [0, 0.05) is 6.54 Å². The number of ether oxygens (including phenoxy) is 1. The van der Waals surface area contributed by atoms with E-state index < -0.39 is 0 Å². The van der Waals surface area contributed by atoms with Crippen LogP contribution in [0.25, 0.3) is 0 Å². The molecule has 0 heterocycles. The zero-order valence-electron chi connectivity index (χ0n) is 13.5. The lowest BCUT2D eigenvalue weighted by molar-refractivity contribution is 0.271. The molecule has 2 nitrogen and oxygen atoms in total. The highest BCUT2D eigenvalue weighted by atomic mass is 16.5. The second-order valence-corrected chi connectivity index (χ2v) is 5.94. The highest BCUT2D eigenvalue weighted by Gasteiger charge is 1.98. The Morgan fingerprint density at radius 2 is 1.70 bits per heavy atom. The third-order valence-corrected chi connectivity index (χ3v) is 3.29. The van der Waals surface area contributed by atoms with Crippen molar-refractivity contribution < 1.29 is 4.74 Å². The van der Waals surface area contributed by atoms with Gasteiger partial charge in [0.1, 0.15) is 5.75 Å². The highest BCUT2D eigenvalue weighted by Crippen LogP contribution is 2.13. The maximum atomic E-state index is 5.68. The van der Waals surface area contributed by atoms with Crippen LogP contribution in [0, 0.1) is 5.92 Å². The van der Waals surface area contributed by atoms with Gasteiger partial charge in [-0.15, -0.1) is 0 Å². The number of unbranched alkanes of at least 4 members (excludes halogenated alkanes) is 4. The van der Waals surface area contributed by atoms with Crippen molar-refractivity contribution in [3.05, 3.63) is 29.8 Å². The summed E-state index contributed by atoms with van der Waals surface area (Å²) in [6.45, 7) is 9.45. The van der Waals surface area contributed by atoms with Crippen molar-refractivity contribution in [3.63, 3.8) is 0 Å². The van der Waals surface area contributed by atoms with Crippen LogP contribution in [-0.4, -0.2) is 13.2 Å². The standard InChI is InChI=1S/C18H31NO/c1-4-5-6-7-8-13-19-14-17-9-11-18(12-10-17)20-15-16(2)3/h9-12,16,19H,4-8,13-15H2,1-3H3. The zero-order valence-corrected chi connectivity index (χ0v) is 13.5. The average Bonchev–Trinajstić information content (AvgIpc) is 2.45. The van der Waals surface area contributed by atoms with E-state index in [0.717, 1.165) is 25.4 Å². The van der Waals surface area contributed by atoms with Crippen molar-refractivity contribution in [1.29, 1.82) is 0 Å². The number of hydrogen-bond acceptors (Lipinski definition) is 2. The Kier molecular flexibility index (Phi) is 9.14. The van der Waals surface area contributed by atoms with E-state index in [1.165, 1.54) is 37.7 Å². The fourth-order valence-electron chi connectivity index (χ4n) is 2.05. The first kappa shape index (κ1) is 17.0. The lowest BCUT2D eigenvalue weighted by atomic mass is 10.1. The monoisotopic (exact) mass is 277 g/mol. The summed E-state index contributed by atoms with van der Waals surface area (Å²) < 4.78 is 5.68. The average molecular weight is 277 g/mol. The molecule has 0 saturated heterocycles. The van der Waals surface area contributed by atoms with Gasteiger partial charge in [0.05, 0.1) is 6.61 Å². The van der Waals surface area contributed by atoms with Crippen LogP contribution in [0.2, 0.25) is 0 Å². The Bertz CT molecular complexity index is 332. The van der Waals surface area contributed by atoms with E-state index in [1.54, 1.807) is 0 Å². The van der Waals surface area contributed by atoms with Crippen molar-refractivity contribution in [2.24, 2.45) is 5.92 Å². The summed E-state index contributed by atoms with van der Waals surface area (Å²) >= 11 is 0. The van der Waals surface area contributed by atoms with E-state index >= 15 is 0 Å². The molecule has 1 N–H and O–H groups in total. The number of nitrogens with one attached hydrogen (secondary N) is 1. The summed E-state index contributed by atoms with van der Waals surface area (Å²) in [5.74, 6) is 1.55. The van der Waals surface area contributed by atoms with Gasteiger partial charge in [-0.25, -0.2) is 0 Å². The van der Waals surface area contributed by atoms with Gasteiger partial charge in [0.25, 0.3) is 0 Å². The van der Waals surface area contributed by atoms with E-state index in [-0.39, 0.29) is 0 Å². The first-order valence-corrected chi connectivity index (χ1v) is 8.14. The van der Waals surface area contributed by atoms with Crippen LogP contribution >= 0.6 is 0 Å². The van der Waals surface area contributed by atoms with Gasteiger partial charge in [-0.1, -0.05) is 58.6 Å². The van der Waals surface area contributed by atoms with Gasteiger partial charge in [0.15, 0.2) is 0 Å². The van der Waals surface area contributed by atoms with Crippen LogP contribution in [0.5, 0.6) is 5.75 Å². The quantitative estimate of drug-likeness (QED) is 0.588. The number of rotatable bonds is 11. The van der Waals surface area contributed by atoms with Crippen LogP contribution in [0.3, 0.4) is 0 Å². The number of benzene rings is 1. The molecule has 0 aliphatic heterocycles. The van der Waals surface area contributed by atoms with Crippen LogP contribution in [0.4, 0.5) is 0 Å². The molecule has 0 radical (unpaired) electrons. The molecule has 0 fully saturated rings. The SMILES string of the molecule is CCCCCCCNCc1ccc(OCC(C)C)cc1. The van der Waals surface area contributed by atoms with Crippen molar-refractivity contribution >= 4 is 0 Å². The molecule has 1 aromatic carbocycles. The van der Waals surface area contributed by atoms with Gasteiger partial charge in [-0.3, -0.25) is 0 Å². The van der Waals surface area contributed by atoms with E-state index in [0.29, 0.717) is 5.92 Å². The molecule has 2 heteroatoms. The zero-order chi connectivity index (χ0) is 14.6. The van der Waals surface area contributed by atoms with Crippen molar-refractivity contribution in [2.45, 2.75) is 59.4 Å². The fraction of sp³-hybridized carbons (Fsp3) is 0.667. The molecule has 1 aromatic rings. The predicted octanol–water partition coefficient (Wildman–Crippen LogP) is 4.78. The summed E-state index contributed by atoms with van der Waals surface area (Å²) in [4.78, 5) is 0. The van der Waals surface area contributed by atoms with Gasteiger partial charge in [0.2, 0.25) is 0 Å². The van der Waals surface area contributed by atoms with Gasteiger partial charge >= 0.3 is 0 Å². The molecule has 0 aromatic heterocycles. The van der Waals surface area contributed by atoms with Crippen molar-refractivity contribution in [3.8, 4) is 5.75 Å². The van der Waals surface area contributed by atoms with E-state index in [2.05, 4.69) is 50.4 Å². The molecule has 0 bridgehead atoms. The molecule has 0 aliphatic carbocycles. The second-order valence-electron chi connectivity index (χ2n) is 5.94. The minimum Gasteiger partial charge on any atom is -0.493 e. The Balaban J connectivity index is 2.12. The molecule has 0 unspecified atom stereocenters.